The van der Waals surface area contributed by atoms with Gasteiger partial charge < -0.3 is 9.47 Å². The lowest BCUT2D eigenvalue weighted by molar-refractivity contribution is -0.00808. The Hall–Kier alpha value is -1.35. The van der Waals surface area contributed by atoms with Crippen LogP contribution in [0.25, 0.3) is 0 Å². The van der Waals surface area contributed by atoms with E-state index in [1.807, 2.05) is 12.1 Å². The van der Waals surface area contributed by atoms with Crippen molar-refractivity contribution in [3.8, 4) is 5.75 Å². The van der Waals surface area contributed by atoms with E-state index in [1.165, 1.54) is 6.42 Å². The molecular weight excluding hydrogens is 264 g/mol. The molecule has 0 amide bonds. The highest BCUT2D eigenvalue weighted by atomic mass is 16.5. The largest absolute Gasteiger partial charge is 0.496 e. The van der Waals surface area contributed by atoms with Gasteiger partial charge in [-0.05, 0) is 56.2 Å². The monoisotopic (exact) mass is 290 g/mol. The van der Waals surface area contributed by atoms with Gasteiger partial charge in [-0.1, -0.05) is 13.8 Å². The first-order valence-electron chi connectivity index (χ1n) is 7.80. The molecule has 3 unspecified atom stereocenters. The summed E-state index contributed by atoms with van der Waals surface area (Å²) in [5.41, 5.74) is 1.66. The Morgan fingerprint density at radius 3 is 2.62 bits per heavy atom. The van der Waals surface area contributed by atoms with Crippen LogP contribution in [0.2, 0.25) is 0 Å². The Morgan fingerprint density at radius 2 is 2.00 bits per heavy atom. The van der Waals surface area contributed by atoms with E-state index in [4.69, 9.17) is 9.47 Å². The smallest absolute Gasteiger partial charge is 0.159 e. The molecule has 0 radical (unpaired) electrons. The average Bonchev–Trinajstić information content (AvgIpc) is 2.48. The molecule has 0 bridgehead atoms. The van der Waals surface area contributed by atoms with Crippen LogP contribution in [0.4, 0.5) is 0 Å². The Morgan fingerprint density at radius 1 is 1.24 bits per heavy atom. The van der Waals surface area contributed by atoms with Crippen molar-refractivity contribution in [2.45, 2.75) is 52.7 Å². The van der Waals surface area contributed by atoms with Crippen molar-refractivity contribution < 1.29 is 14.3 Å². The molecule has 0 aliphatic heterocycles. The number of ketones is 1. The molecule has 0 saturated heterocycles. The molecule has 1 aliphatic carbocycles. The molecule has 3 heteroatoms. The van der Waals surface area contributed by atoms with E-state index >= 15 is 0 Å². The number of carbonyl (C=O) groups excluding carboxylic acids is 1. The Labute approximate surface area is 127 Å². The van der Waals surface area contributed by atoms with Crippen molar-refractivity contribution in [2.75, 3.05) is 7.11 Å². The van der Waals surface area contributed by atoms with E-state index in [9.17, 15) is 4.79 Å². The number of benzene rings is 1. The highest BCUT2D eigenvalue weighted by molar-refractivity contribution is 5.94. The minimum Gasteiger partial charge on any atom is -0.496 e. The normalized spacial score (nSPS) is 25.6. The first-order valence-corrected chi connectivity index (χ1v) is 7.80. The maximum Gasteiger partial charge on any atom is 0.159 e. The lowest BCUT2D eigenvalue weighted by atomic mass is 9.80. The zero-order valence-corrected chi connectivity index (χ0v) is 13.5. The quantitative estimate of drug-likeness (QED) is 0.761. The van der Waals surface area contributed by atoms with Crippen LogP contribution >= 0.6 is 0 Å². The molecule has 1 aromatic carbocycles. The summed E-state index contributed by atoms with van der Waals surface area (Å²) in [5.74, 6) is 2.37. The number of ether oxygens (including phenoxy) is 2. The van der Waals surface area contributed by atoms with Gasteiger partial charge in [0.1, 0.15) is 5.75 Å². The van der Waals surface area contributed by atoms with Crippen LogP contribution in [0.15, 0.2) is 18.2 Å². The summed E-state index contributed by atoms with van der Waals surface area (Å²) in [6.45, 7) is 6.71. The summed E-state index contributed by atoms with van der Waals surface area (Å²) in [4.78, 5) is 11.5. The summed E-state index contributed by atoms with van der Waals surface area (Å²) in [5, 5.41) is 0. The Bertz CT molecular complexity index is 495. The van der Waals surface area contributed by atoms with Crippen molar-refractivity contribution >= 4 is 5.78 Å². The first kappa shape index (κ1) is 16.0. The minimum absolute atomic E-state index is 0.0685. The number of rotatable bonds is 5. The molecule has 1 saturated carbocycles. The highest BCUT2D eigenvalue weighted by Crippen LogP contribution is 2.32. The van der Waals surface area contributed by atoms with Crippen LogP contribution in [0.5, 0.6) is 5.75 Å². The van der Waals surface area contributed by atoms with Gasteiger partial charge in [0, 0.05) is 11.1 Å². The summed E-state index contributed by atoms with van der Waals surface area (Å²) < 4.78 is 11.4. The predicted octanol–water partition coefficient (Wildman–Crippen LogP) is 4.24. The van der Waals surface area contributed by atoms with Crippen LogP contribution in [0, 0.1) is 11.8 Å². The highest BCUT2D eigenvalue weighted by Gasteiger charge is 2.25. The van der Waals surface area contributed by atoms with Gasteiger partial charge in [0.2, 0.25) is 0 Å². The van der Waals surface area contributed by atoms with Gasteiger partial charge in [-0.2, -0.15) is 0 Å². The van der Waals surface area contributed by atoms with Gasteiger partial charge in [0.15, 0.2) is 5.78 Å². The summed E-state index contributed by atoms with van der Waals surface area (Å²) >= 11 is 0. The van der Waals surface area contributed by atoms with Gasteiger partial charge in [0.25, 0.3) is 0 Å². The second kappa shape index (κ2) is 7.08. The zero-order chi connectivity index (χ0) is 15.4. The fourth-order valence-corrected chi connectivity index (χ4v) is 2.97. The molecule has 0 N–H and O–H groups in total. The summed E-state index contributed by atoms with van der Waals surface area (Å²) in [7, 11) is 1.65. The predicted molar refractivity (Wildman–Crippen MR) is 83.8 cm³/mol. The van der Waals surface area contributed by atoms with Crippen LogP contribution in [0.3, 0.4) is 0 Å². The number of methoxy groups -OCH3 is 1. The Balaban J connectivity index is 2.02. The average molecular weight is 290 g/mol. The second-order valence-corrected chi connectivity index (χ2v) is 6.28. The molecule has 0 aromatic heterocycles. The van der Waals surface area contributed by atoms with Crippen LogP contribution in [-0.4, -0.2) is 19.0 Å². The standard InChI is InChI=1S/C18H26O3/c1-12-5-7-17(9-13(12)2)21-11-16-10-15(14(3)19)6-8-18(16)20-4/h6,8,10,12-13,17H,5,7,9,11H2,1-4H3. The fourth-order valence-electron chi connectivity index (χ4n) is 2.97. The third-order valence-corrected chi connectivity index (χ3v) is 4.71. The molecule has 1 fully saturated rings. The van der Waals surface area contributed by atoms with Crippen molar-refractivity contribution in [3.63, 3.8) is 0 Å². The van der Waals surface area contributed by atoms with E-state index in [0.717, 1.165) is 30.1 Å². The zero-order valence-electron chi connectivity index (χ0n) is 13.5. The Kier molecular flexibility index (Phi) is 5.40. The van der Waals surface area contributed by atoms with E-state index in [-0.39, 0.29) is 5.78 Å². The third-order valence-electron chi connectivity index (χ3n) is 4.71. The van der Waals surface area contributed by atoms with Crippen molar-refractivity contribution in [2.24, 2.45) is 11.8 Å². The summed E-state index contributed by atoms with van der Waals surface area (Å²) in [6, 6.07) is 5.53. The molecule has 3 nitrogen and oxygen atoms in total. The van der Waals surface area contributed by atoms with E-state index in [2.05, 4.69) is 13.8 Å². The topological polar surface area (TPSA) is 35.5 Å². The van der Waals surface area contributed by atoms with Crippen LogP contribution in [0.1, 0.15) is 56.0 Å². The first-order chi connectivity index (χ1) is 10.0. The molecule has 0 heterocycles. The van der Waals surface area contributed by atoms with Crippen LogP contribution < -0.4 is 4.74 Å². The van der Waals surface area contributed by atoms with Gasteiger partial charge in [-0.25, -0.2) is 0 Å². The number of Topliss-reactive ketones (excluding diaryl/α,β-unsaturated/α-hetero) is 1. The maximum absolute atomic E-state index is 11.5. The van der Waals surface area contributed by atoms with Crippen LogP contribution in [-0.2, 0) is 11.3 Å². The molecule has 116 valence electrons. The summed E-state index contributed by atoms with van der Waals surface area (Å²) in [6.07, 6.45) is 3.80. The number of hydrogen-bond donors (Lipinski definition) is 0. The van der Waals surface area contributed by atoms with Gasteiger partial charge in [0.05, 0.1) is 19.8 Å². The lowest BCUT2D eigenvalue weighted by Gasteiger charge is -2.32. The van der Waals surface area contributed by atoms with E-state index in [1.54, 1.807) is 20.1 Å². The van der Waals surface area contributed by atoms with E-state index in [0.29, 0.717) is 24.2 Å². The van der Waals surface area contributed by atoms with Gasteiger partial charge in [-0.15, -0.1) is 0 Å². The van der Waals surface area contributed by atoms with E-state index < -0.39 is 0 Å². The maximum atomic E-state index is 11.5. The molecule has 3 atom stereocenters. The number of carbonyl (C=O) groups is 1. The molecular formula is C18H26O3. The molecule has 0 spiro atoms. The van der Waals surface area contributed by atoms with Crippen molar-refractivity contribution in [1.82, 2.24) is 0 Å². The lowest BCUT2D eigenvalue weighted by Crippen LogP contribution is -2.26. The van der Waals surface area contributed by atoms with Crippen molar-refractivity contribution in [1.29, 1.82) is 0 Å². The van der Waals surface area contributed by atoms with Crippen molar-refractivity contribution in [3.05, 3.63) is 29.3 Å². The molecule has 21 heavy (non-hydrogen) atoms. The fraction of sp³-hybridized carbons (Fsp3) is 0.611. The SMILES string of the molecule is COc1ccc(C(C)=O)cc1COC1CCC(C)C(C)C1. The molecule has 1 aromatic rings. The van der Waals surface area contributed by atoms with Gasteiger partial charge >= 0.3 is 0 Å². The third kappa shape index (κ3) is 4.07. The second-order valence-electron chi connectivity index (χ2n) is 6.28. The minimum atomic E-state index is 0.0685. The number of hydrogen-bond acceptors (Lipinski definition) is 3. The molecule has 2 rings (SSSR count). The van der Waals surface area contributed by atoms with Gasteiger partial charge in [-0.3, -0.25) is 4.79 Å². The molecule has 1 aliphatic rings.